The van der Waals surface area contributed by atoms with Gasteiger partial charge in [-0.05, 0) is 37.3 Å². The Kier molecular flexibility index (Phi) is 8.74. The minimum absolute atomic E-state index is 0.0944. The fourth-order valence-corrected chi connectivity index (χ4v) is 3.99. The number of pyridine rings is 1. The number of halogens is 2. The van der Waals surface area contributed by atoms with Crippen LogP contribution in [0.2, 0.25) is 10.0 Å². The first-order chi connectivity index (χ1) is 19.3. The zero-order valence-corrected chi connectivity index (χ0v) is 25.1. The molecule has 0 aliphatic heterocycles. The average molecular weight is 597 g/mol. The van der Waals surface area contributed by atoms with Crippen molar-refractivity contribution in [1.29, 1.82) is 0 Å². The summed E-state index contributed by atoms with van der Waals surface area (Å²) in [7, 11) is 3.24. The molecule has 0 radical (unpaired) electrons. The van der Waals surface area contributed by atoms with E-state index in [0.29, 0.717) is 17.4 Å². The van der Waals surface area contributed by atoms with E-state index in [2.05, 4.69) is 41.7 Å². The number of aromatic nitrogens is 3. The zero-order chi connectivity index (χ0) is 29.9. The van der Waals surface area contributed by atoms with Crippen molar-refractivity contribution in [1.82, 2.24) is 19.7 Å². The van der Waals surface area contributed by atoms with Gasteiger partial charge in [0.15, 0.2) is 0 Å². The first kappa shape index (κ1) is 29.7. The lowest BCUT2D eigenvalue weighted by molar-refractivity contribution is 0.230. The lowest BCUT2D eigenvalue weighted by atomic mass is 9.92. The molecule has 0 atom stereocenters. The van der Waals surface area contributed by atoms with Crippen LogP contribution in [0.4, 0.5) is 26.9 Å². The maximum absolute atomic E-state index is 13.1. The number of carbonyl (C=O) groups excluding carboxylic acids is 2. The molecule has 10 nitrogen and oxygen atoms in total. The van der Waals surface area contributed by atoms with Crippen molar-refractivity contribution >= 4 is 52.6 Å². The second-order valence-electron chi connectivity index (χ2n) is 10.5. The van der Waals surface area contributed by atoms with E-state index in [1.54, 1.807) is 43.0 Å². The zero-order valence-electron chi connectivity index (χ0n) is 23.5. The molecule has 4 aromatic rings. The number of hydrogen-bond acceptors (Lipinski definition) is 5. The van der Waals surface area contributed by atoms with Gasteiger partial charge in [0.05, 0.1) is 22.1 Å². The summed E-state index contributed by atoms with van der Waals surface area (Å²) in [4.78, 5) is 30.5. The number of aryl methyl sites for hydroxylation is 1. The largest absolute Gasteiger partial charge is 0.456 e. The number of carbonyl (C=O) groups is 2. The standard InChI is InChI=1S/C29H31Cl2N7O3/c1-17-7-9-18(10-8-17)38-24(16-22(36-38)29(2,3)4)35-27(39)33-20-11-12-21(26(31)25(20)30)41-19-13-14-32-23(15-19)34-28(40)37(5)6/h7-16H,1-6H3,(H,32,34,40)(H2,33,35,39). The minimum Gasteiger partial charge on any atom is -0.456 e. The normalized spacial score (nSPS) is 11.1. The van der Waals surface area contributed by atoms with Crippen molar-refractivity contribution in [3.63, 3.8) is 0 Å². The van der Waals surface area contributed by atoms with Crippen LogP contribution in [0.3, 0.4) is 0 Å². The molecule has 0 saturated carbocycles. The topological polar surface area (TPSA) is 113 Å². The highest BCUT2D eigenvalue weighted by Gasteiger charge is 2.22. The monoisotopic (exact) mass is 595 g/mol. The molecule has 0 spiro atoms. The fraction of sp³-hybridized carbons (Fsp3) is 0.241. The van der Waals surface area contributed by atoms with E-state index >= 15 is 0 Å². The molecule has 4 rings (SSSR count). The molecular weight excluding hydrogens is 565 g/mol. The fourth-order valence-electron chi connectivity index (χ4n) is 3.59. The first-order valence-corrected chi connectivity index (χ1v) is 13.4. The number of nitrogens with zero attached hydrogens (tertiary/aromatic N) is 4. The Balaban J connectivity index is 1.51. The average Bonchev–Trinajstić information content (AvgIpc) is 3.33. The van der Waals surface area contributed by atoms with Crippen molar-refractivity contribution in [2.75, 3.05) is 30.0 Å². The van der Waals surface area contributed by atoms with Crippen molar-refractivity contribution in [2.45, 2.75) is 33.1 Å². The van der Waals surface area contributed by atoms with Crippen LogP contribution in [-0.2, 0) is 5.41 Å². The summed E-state index contributed by atoms with van der Waals surface area (Å²) in [5.41, 5.74) is 2.79. The van der Waals surface area contributed by atoms with Crippen LogP contribution in [0, 0.1) is 6.92 Å². The smallest absolute Gasteiger partial charge is 0.324 e. The Morgan fingerprint density at radius 2 is 1.63 bits per heavy atom. The molecule has 0 bridgehead atoms. The van der Waals surface area contributed by atoms with Gasteiger partial charge in [0.1, 0.15) is 28.2 Å². The molecule has 2 heterocycles. The Hall–Kier alpha value is -4.28. The van der Waals surface area contributed by atoms with E-state index < -0.39 is 6.03 Å². The third-order valence-electron chi connectivity index (χ3n) is 5.89. The Labute approximate surface area is 248 Å². The van der Waals surface area contributed by atoms with Crippen LogP contribution in [0.5, 0.6) is 11.5 Å². The third kappa shape index (κ3) is 7.27. The summed E-state index contributed by atoms with van der Waals surface area (Å²) in [5.74, 6) is 1.43. The Bertz CT molecular complexity index is 1580. The maximum atomic E-state index is 13.1. The number of hydrogen-bond donors (Lipinski definition) is 3. The van der Waals surface area contributed by atoms with E-state index in [1.807, 2.05) is 37.3 Å². The van der Waals surface area contributed by atoms with Gasteiger partial charge in [-0.15, -0.1) is 0 Å². The van der Waals surface area contributed by atoms with Gasteiger partial charge in [0, 0.05) is 37.8 Å². The highest BCUT2D eigenvalue weighted by molar-refractivity contribution is 6.45. The second-order valence-corrected chi connectivity index (χ2v) is 11.3. The number of benzene rings is 2. The Morgan fingerprint density at radius 1 is 0.927 bits per heavy atom. The molecule has 0 fully saturated rings. The summed E-state index contributed by atoms with van der Waals surface area (Å²) in [6.45, 7) is 8.16. The number of anilines is 3. The van der Waals surface area contributed by atoms with E-state index in [1.165, 1.54) is 11.1 Å². The van der Waals surface area contributed by atoms with Gasteiger partial charge in [-0.2, -0.15) is 5.10 Å². The van der Waals surface area contributed by atoms with Crippen LogP contribution >= 0.6 is 23.2 Å². The lowest BCUT2D eigenvalue weighted by Crippen LogP contribution is -2.27. The maximum Gasteiger partial charge on any atom is 0.324 e. The van der Waals surface area contributed by atoms with Crippen LogP contribution in [0.25, 0.3) is 5.69 Å². The van der Waals surface area contributed by atoms with Gasteiger partial charge in [-0.25, -0.2) is 19.3 Å². The molecule has 2 aromatic heterocycles. The van der Waals surface area contributed by atoms with Gasteiger partial charge in [-0.1, -0.05) is 61.7 Å². The van der Waals surface area contributed by atoms with Crippen molar-refractivity contribution in [2.24, 2.45) is 0 Å². The van der Waals surface area contributed by atoms with E-state index in [4.69, 9.17) is 33.0 Å². The number of ether oxygens (including phenoxy) is 1. The quantitative estimate of drug-likeness (QED) is 0.211. The highest BCUT2D eigenvalue weighted by atomic mass is 35.5. The lowest BCUT2D eigenvalue weighted by Gasteiger charge is -2.15. The molecule has 0 unspecified atom stereocenters. The molecule has 12 heteroatoms. The summed E-state index contributed by atoms with van der Waals surface area (Å²) in [6.07, 6.45) is 1.49. The Morgan fingerprint density at radius 3 is 2.29 bits per heavy atom. The van der Waals surface area contributed by atoms with Gasteiger partial charge in [0.25, 0.3) is 0 Å². The van der Waals surface area contributed by atoms with Crippen molar-refractivity contribution < 1.29 is 14.3 Å². The van der Waals surface area contributed by atoms with E-state index in [9.17, 15) is 9.59 Å². The number of rotatable bonds is 6. The summed E-state index contributed by atoms with van der Waals surface area (Å²) in [6, 6.07) is 15.1. The first-order valence-electron chi connectivity index (χ1n) is 12.7. The molecular formula is C29H31Cl2N7O3. The van der Waals surface area contributed by atoms with Gasteiger partial charge in [-0.3, -0.25) is 10.6 Å². The molecule has 0 aliphatic carbocycles. The van der Waals surface area contributed by atoms with Crippen molar-refractivity contribution in [3.05, 3.63) is 82.1 Å². The second kappa shape index (κ2) is 12.1. The SMILES string of the molecule is Cc1ccc(-n2nc(C(C)(C)C)cc2NC(=O)Nc2ccc(Oc3ccnc(NC(=O)N(C)C)c3)c(Cl)c2Cl)cc1. The minimum atomic E-state index is -0.527. The van der Waals surface area contributed by atoms with Crippen molar-refractivity contribution in [3.8, 4) is 17.2 Å². The summed E-state index contributed by atoms with van der Waals surface area (Å²) < 4.78 is 7.56. The van der Waals surface area contributed by atoms with Gasteiger partial charge in [0.2, 0.25) is 0 Å². The molecule has 41 heavy (non-hydrogen) atoms. The molecule has 0 aliphatic rings. The molecule has 0 saturated heterocycles. The predicted octanol–water partition coefficient (Wildman–Crippen LogP) is 7.71. The molecule has 4 amide bonds. The highest BCUT2D eigenvalue weighted by Crippen LogP contribution is 2.40. The summed E-state index contributed by atoms with van der Waals surface area (Å²) in [5, 5.41) is 13.2. The van der Waals surface area contributed by atoms with Crippen LogP contribution in [-0.4, -0.2) is 45.8 Å². The molecule has 2 aromatic carbocycles. The van der Waals surface area contributed by atoms with Crippen LogP contribution in [0.1, 0.15) is 32.0 Å². The summed E-state index contributed by atoms with van der Waals surface area (Å²) >= 11 is 13.0. The van der Waals surface area contributed by atoms with Crippen LogP contribution in [0.15, 0.2) is 60.8 Å². The van der Waals surface area contributed by atoms with E-state index in [0.717, 1.165) is 16.9 Å². The number of nitrogens with one attached hydrogen (secondary N) is 3. The van der Waals surface area contributed by atoms with Gasteiger partial charge >= 0.3 is 12.1 Å². The molecule has 3 N–H and O–H groups in total. The van der Waals surface area contributed by atoms with Gasteiger partial charge < -0.3 is 15.0 Å². The number of urea groups is 2. The molecule has 214 valence electrons. The third-order valence-corrected chi connectivity index (χ3v) is 6.76. The van der Waals surface area contributed by atoms with E-state index in [-0.39, 0.29) is 32.9 Å². The van der Waals surface area contributed by atoms with Crippen LogP contribution < -0.4 is 20.7 Å². The number of amides is 4. The predicted molar refractivity (Wildman–Crippen MR) is 163 cm³/mol.